The normalized spacial score (nSPS) is 10.1. The predicted molar refractivity (Wildman–Crippen MR) is 49.1 cm³/mol. The third kappa shape index (κ3) is 1.54. The number of pyridine rings is 2. The Hall–Kier alpha value is -1.97. The van der Waals surface area contributed by atoms with Crippen molar-refractivity contribution in [3.8, 4) is 17.1 Å². The first kappa shape index (κ1) is 8.62. The van der Waals surface area contributed by atoms with Gasteiger partial charge in [0.15, 0.2) is 0 Å². The van der Waals surface area contributed by atoms with E-state index >= 15 is 0 Å². The van der Waals surface area contributed by atoms with Crippen molar-refractivity contribution in [1.29, 1.82) is 0 Å². The Morgan fingerprint density at radius 1 is 1.14 bits per heavy atom. The fourth-order valence-corrected chi connectivity index (χ4v) is 1.11. The zero-order valence-corrected chi connectivity index (χ0v) is 7.18. The van der Waals surface area contributed by atoms with Crippen molar-refractivity contribution in [2.75, 3.05) is 0 Å². The van der Waals surface area contributed by atoms with Crippen molar-refractivity contribution in [2.45, 2.75) is 0 Å². The summed E-state index contributed by atoms with van der Waals surface area (Å²) in [7, 11) is 0. The van der Waals surface area contributed by atoms with Crippen molar-refractivity contribution in [2.24, 2.45) is 0 Å². The van der Waals surface area contributed by atoms with Gasteiger partial charge in [-0.3, -0.25) is 9.97 Å². The van der Waals surface area contributed by atoms with Gasteiger partial charge in [0.1, 0.15) is 17.3 Å². The molecule has 1 N–H and O–H groups in total. The Labute approximate surface area is 79.9 Å². The number of aromatic hydroxyl groups is 1. The van der Waals surface area contributed by atoms with Gasteiger partial charge in [0.2, 0.25) is 0 Å². The van der Waals surface area contributed by atoms with Crippen molar-refractivity contribution in [3.05, 3.63) is 42.5 Å². The molecule has 0 saturated heterocycles. The summed E-state index contributed by atoms with van der Waals surface area (Å²) >= 11 is 0. The van der Waals surface area contributed by atoms with Crippen LogP contribution in [0.3, 0.4) is 0 Å². The van der Waals surface area contributed by atoms with Gasteiger partial charge in [0, 0.05) is 6.20 Å². The summed E-state index contributed by atoms with van der Waals surface area (Å²) in [4.78, 5) is 7.76. The van der Waals surface area contributed by atoms with E-state index in [1.54, 1.807) is 12.3 Å². The Kier molecular flexibility index (Phi) is 2.10. The molecule has 0 aromatic carbocycles. The molecule has 0 atom stereocenters. The van der Waals surface area contributed by atoms with E-state index in [1.807, 2.05) is 0 Å². The zero-order chi connectivity index (χ0) is 9.97. The molecule has 0 amide bonds. The minimum absolute atomic E-state index is 0.0339. The highest BCUT2D eigenvalue weighted by atomic mass is 19.1. The van der Waals surface area contributed by atoms with E-state index in [0.29, 0.717) is 11.4 Å². The maximum atomic E-state index is 12.6. The van der Waals surface area contributed by atoms with Crippen molar-refractivity contribution in [3.63, 3.8) is 0 Å². The Bertz CT molecular complexity index is 442. The van der Waals surface area contributed by atoms with Crippen molar-refractivity contribution >= 4 is 0 Å². The maximum absolute atomic E-state index is 12.6. The topological polar surface area (TPSA) is 46.0 Å². The molecule has 0 spiro atoms. The van der Waals surface area contributed by atoms with Gasteiger partial charge in [-0.1, -0.05) is 0 Å². The van der Waals surface area contributed by atoms with Crippen LogP contribution in [-0.2, 0) is 0 Å². The van der Waals surface area contributed by atoms with E-state index in [1.165, 1.54) is 18.2 Å². The summed E-state index contributed by atoms with van der Waals surface area (Å²) in [6.07, 6.45) is 2.63. The standard InChI is InChI=1S/C10H7FN2O/c11-7-3-4-8(13-6-7)10-9(14)2-1-5-12-10/h1-6,14H. The Morgan fingerprint density at radius 2 is 2.00 bits per heavy atom. The van der Waals surface area contributed by atoms with Gasteiger partial charge in [-0.25, -0.2) is 4.39 Å². The summed E-state index contributed by atoms with van der Waals surface area (Å²) in [5.74, 6) is -0.379. The van der Waals surface area contributed by atoms with Crippen molar-refractivity contribution < 1.29 is 9.50 Å². The maximum Gasteiger partial charge on any atom is 0.143 e. The molecule has 0 bridgehead atoms. The highest BCUT2D eigenvalue weighted by Gasteiger charge is 2.05. The summed E-state index contributed by atoms with van der Waals surface area (Å²) in [5, 5.41) is 9.44. The molecule has 0 fully saturated rings. The largest absolute Gasteiger partial charge is 0.506 e. The highest BCUT2D eigenvalue weighted by molar-refractivity contribution is 5.61. The average Bonchev–Trinajstić information content (AvgIpc) is 2.20. The summed E-state index contributed by atoms with van der Waals surface area (Å²) in [6.45, 7) is 0. The van der Waals surface area contributed by atoms with Gasteiger partial charge in [0.05, 0.1) is 11.9 Å². The second-order valence-electron chi connectivity index (χ2n) is 2.73. The van der Waals surface area contributed by atoms with Gasteiger partial charge in [-0.2, -0.15) is 0 Å². The minimum Gasteiger partial charge on any atom is -0.506 e. The third-order valence-corrected chi connectivity index (χ3v) is 1.76. The van der Waals surface area contributed by atoms with Crippen LogP contribution < -0.4 is 0 Å². The van der Waals surface area contributed by atoms with Crippen LogP contribution in [0.15, 0.2) is 36.7 Å². The van der Waals surface area contributed by atoms with Gasteiger partial charge in [-0.15, -0.1) is 0 Å². The monoisotopic (exact) mass is 190 g/mol. The summed E-state index contributed by atoms with van der Waals surface area (Å²) in [6, 6.07) is 5.86. The second kappa shape index (κ2) is 3.41. The number of rotatable bonds is 1. The number of nitrogens with zero attached hydrogens (tertiary/aromatic N) is 2. The first-order chi connectivity index (χ1) is 6.77. The molecule has 14 heavy (non-hydrogen) atoms. The van der Waals surface area contributed by atoms with E-state index < -0.39 is 5.82 Å². The SMILES string of the molecule is Oc1cccnc1-c1ccc(F)cn1. The lowest BCUT2D eigenvalue weighted by Gasteiger charge is -2.01. The predicted octanol–water partition coefficient (Wildman–Crippen LogP) is 1.99. The summed E-state index contributed by atoms with van der Waals surface area (Å²) in [5.41, 5.74) is 0.803. The molecule has 3 nitrogen and oxygen atoms in total. The van der Waals surface area contributed by atoms with Gasteiger partial charge >= 0.3 is 0 Å². The molecule has 0 aliphatic rings. The highest BCUT2D eigenvalue weighted by Crippen LogP contribution is 2.23. The molecule has 0 unspecified atom stereocenters. The molecule has 2 rings (SSSR count). The molecular weight excluding hydrogens is 183 g/mol. The smallest absolute Gasteiger partial charge is 0.143 e. The van der Waals surface area contributed by atoms with Crippen LogP contribution in [0.2, 0.25) is 0 Å². The lowest BCUT2D eigenvalue weighted by atomic mass is 10.2. The van der Waals surface area contributed by atoms with Crippen LogP contribution in [0.25, 0.3) is 11.4 Å². The van der Waals surface area contributed by atoms with Crippen LogP contribution in [0.4, 0.5) is 4.39 Å². The van der Waals surface area contributed by atoms with Crippen LogP contribution in [0.1, 0.15) is 0 Å². The van der Waals surface area contributed by atoms with E-state index in [9.17, 15) is 9.50 Å². The number of hydrogen-bond donors (Lipinski definition) is 1. The lowest BCUT2D eigenvalue weighted by Crippen LogP contribution is -1.87. The lowest BCUT2D eigenvalue weighted by molar-refractivity contribution is 0.474. The fraction of sp³-hybridized carbons (Fsp3) is 0. The first-order valence-electron chi connectivity index (χ1n) is 4.03. The molecule has 70 valence electrons. The van der Waals surface area contributed by atoms with E-state index in [2.05, 4.69) is 9.97 Å². The van der Waals surface area contributed by atoms with Gasteiger partial charge < -0.3 is 5.11 Å². The van der Waals surface area contributed by atoms with Crippen molar-refractivity contribution in [1.82, 2.24) is 9.97 Å². The number of aromatic nitrogens is 2. The Morgan fingerprint density at radius 3 is 2.64 bits per heavy atom. The van der Waals surface area contributed by atoms with E-state index in [4.69, 9.17) is 0 Å². The molecule has 2 heterocycles. The zero-order valence-electron chi connectivity index (χ0n) is 7.18. The average molecular weight is 190 g/mol. The minimum atomic E-state index is -0.413. The first-order valence-corrected chi connectivity index (χ1v) is 4.03. The quantitative estimate of drug-likeness (QED) is 0.747. The number of halogens is 1. The molecule has 0 saturated carbocycles. The van der Waals surface area contributed by atoms with Gasteiger partial charge in [0.25, 0.3) is 0 Å². The van der Waals surface area contributed by atoms with Crippen LogP contribution in [0, 0.1) is 5.82 Å². The fourth-order valence-electron chi connectivity index (χ4n) is 1.11. The van der Waals surface area contributed by atoms with Crippen LogP contribution >= 0.6 is 0 Å². The van der Waals surface area contributed by atoms with E-state index in [0.717, 1.165) is 6.20 Å². The molecule has 2 aromatic rings. The molecule has 0 aliphatic heterocycles. The summed E-state index contributed by atoms with van der Waals surface area (Å²) < 4.78 is 12.6. The molecule has 2 aromatic heterocycles. The second-order valence-corrected chi connectivity index (χ2v) is 2.73. The Balaban J connectivity index is 2.50. The molecule has 0 aliphatic carbocycles. The number of hydrogen-bond acceptors (Lipinski definition) is 3. The van der Waals surface area contributed by atoms with Gasteiger partial charge in [-0.05, 0) is 24.3 Å². The molecular formula is C10H7FN2O. The van der Waals surface area contributed by atoms with Crippen LogP contribution in [-0.4, -0.2) is 15.1 Å². The van der Waals surface area contributed by atoms with Crippen LogP contribution in [0.5, 0.6) is 5.75 Å². The van der Waals surface area contributed by atoms with E-state index in [-0.39, 0.29) is 5.75 Å². The molecule has 4 heteroatoms. The third-order valence-electron chi connectivity index (χ3n) is 1.76. The molecule has 0 radical (unpaired) electrons.